The maximum absolute atomic E-state index is 14.0. The average Bonchev–Trinajstić information content (AvgIpc) is 2.87. The first-order chi connectivity index (χ1) is 18.6. The molecule has 2 aromatic carbocycles. The van der Waals surface area contributed by atoms with Crippen molar-refractivity contribution in [2.75, 3.05) is 12.9 Å². The van der Waals surface area contributed by atoms with E-state index < -0.39 is 33.0 Å². The van der Waals surface area contributed by atoms with Crippen LogP contribution in [0.5, 0.6) is 5.75 Å². The predicted octanol–water partition coefficient (Wildman–Crippen LogP) is 4.64. The number of hydrogen-bond acceptors (Lipinski definition) is 7. The minimum absolute atomic E-state index is 0.0141. The fourth-order valence-electron chi connectivity index (χ4n) is 4.16. The van der Waals surface area contributed by atoms with Gasteiger partial charge < -0.3 is 14.0 Å². The van der Waals surface area contributed by atoms with Crippen LogP contribution < -0.4 is 10.3 Å². The molecule has 214 valence electrons. The molecule has 0 aliphatic carbocycles. The Morgan fingerprint density at radius 1 is 1.02 bits per heavy atom. The van der Waals surface area contributed by atoms with Gasteiger partial charge in [-0.2, -0.15) is 0 Å². The van der Waals surface area contributed by atoms with E-state index in [9.17, 15) is 27.2 Å². The van der Waals surface area contributed by atoms with Crippen LogP contribution in [0.4, 0.5) is 4.39 Å². The van der Waals surface area contributed by atoms with Gasteiger partial charge in [-0.1, -0.05) is 19.1 Å². The highest BCUT2D eigenvalue weighted by Gasteiger charge is 2.22. The number of carbonyl (C=O) groups excluding carboxylic acids is 2. The topological polar surface area (TPSA) is 109 Å². The summed E-state index contributed by atoms with van der Waals surface area (Å²) in [7, 11) is -0.543. The van der Waals surface area contributed by atoms with E-state index in [2.05, 4.69) is 0 Å². The van der Waals surface area contributed by atoms with Crippen molar-refractivity contribution >= 4 is 21.6 Å². The van der Waals surface area contributed by atoms with Gasteiger partial charge in [-0.3, -0.25) is 14.4 Å². The van der Waals surface area contributed by atoms with Crippen molar-refractivity contribution in [2.24, 2.45) is 7.05 Å². The Bertz CT molecular complexity index is 1600. The van der Waals surface area contributed by atoms with Gasteiger partial charge in [0, 0.05) is 48.2 Å². The number of ether oxygens (including phenoxy) is 2. The van der Waals surface area contributed by atoms with Gasteiger partial charge in [0.15, 0.2) is 27.2 Å². The maximum Gasteiger partial charge on any atom is 0.306 e. The van der Waals surface area contributed by atoms with Crippen LogP contribution in [0.1, 0.15) is 61.2 Å². The highest BCUT2D eigenvalue weighted by atomic mass is 32.2. The molecule has 40 heavy (non-hydrogen) atoms. The van der Waals surface area contributed by atoms with Gasteiger partial charge in [0.2, 0.25) is 0 Å². The normalized spacial score (nSPS) is 11.8. The lowest BCUT2D eigenvalue weighted by atomic mass is 9.90. The second-order valence-electron chi connectivity index (χ2n) is 10.5. The number of methoxy groups -OCH3 is 1. The van der Waals surface area contributed by atoms with Crippen molar-refractivity contribution in [2.45, 2.75) is 51.9 Å². The molecule has 1 heterocycles. The molecule has 1 aromatic heterocycles. The van der Waals surface area contributed by atoms with Gasteiger partial charge in [0.25, 0.3) is 5.56 Å². The van der Waals surface area contributed by atoms with Crippen LogP contribution in [0.25, 0.3) is 11.1 Å². The summed E-state index contributed by atoms with van der Waals surface area (Å²) >= 11 is 0. The summed E-state index contributed by atoms with van der Waals surface area (Å²) in [6, 6.07) is 9.85. The van der Waals surface area contributed by atoms with Gasteiger partial charge >= 0.3 is 5.97 Å². The lowest BCUT2D eigenvalue weighted by Crippen LogP contribution is -2.24. The second-order valence-corrected chi connectivity index (χ2v) is 12.8. The molecule has 0 aliphatic heterocycles. The number of aromatic nitrogens is 1. The zero-order valence-electron chi connectivity index (χ0n) is 23.5. The largest absolute Gasteiger partial charge is 0.494 e. The number of rotatable bonds is 10. The SMILES string of the molecule is CCS(=O)(=O)Cc1ccc(C(=O)c2ccc(F)c(OC)c2)c(-c2cn(C)c(=O)cc2CCC(=O)OC(C)(C)C)c1. The van der Waals surface area contributed by atoms with E-state index in [1.54, 1.807) is 53.1 Å². The summed E-state index contributed by atoms with van der Waals surface area (Å²) in [5.41, 5.74) is 1.19. The van der Waals surface area contributed by atoms with Crippen molar-refractivity contribution in [1.29, 1.82) is 0 Å². The number of sulfone groups is 1. The van der Waals surface area contributed by atoms with Crippen LogP contribution in [0.3, 0.4) is 0 Å². The second kappa shape index (κ2) is 12.2. The molecule has 10 heteroatoms. The number of hydrogen-bond donors (Lipinski definition) is 0. The molecule has 0 atom stereocenters. The molecule has 0 bridgehead atoms. The molecule has 0 spiro atoms. The highest BCUT2D eigenvalue weighted by molar-refractivity contribution is 7.90. The number of pyridine rings is 1. The Hall–Kier alpha value is -3.79. The molecule has 0 unspecified atom stereocenters. The third-order valence-corrected chi connectivity index (χ3v) is 7.84. The molecule has 0 radical (unpaired) electrons. The Labute approximate surface area is 233 Å². The number of esters is 1. The molecular weight excluding hydrogens is 537 g/mol. The first-order valence-corrected chi connectivity index (χ1v) is 14.6. The van der Waals surface area contributed by atoms with Gasteiger partial charge in [0.1, 0.15) is 5.60 Å². The summed E-state index contributed by atoms with van der Waals surface area (Å²) in [6.07, 6.45) is 1.69. The van der Waals surface area contributed by atoms with Crippen LogP contribution >= 0.6 is 0 Å². The summed E-state index contributed by atoms with van der Waals surface area (Å²) in [5, 5.41) is 0. The summed E-state index contributed by atoms with van der Waals surface area (Å²) < 4.78 is 50.6. The number of nitrogens with zero attached hydrogens (tertiary/aromatic N) is 1. The highest BCUT2D eigenvalue weighted by Crippen LogP contribution is 2.32. The van der Waals surface area contributed by atoms with Gasteiger partial charge in [-0.25, -0.2) is 12.8 Å². The van der Waals surface area contributed by atoms with E-state index in [4.69, 9.17) is 9.47 Å². The molecular formula is C30H34FNO7S. The van der Waals surface area contributed by atoms with Crippen LogP contribution in [-0.2, 0) is 38.6 Å². The van der Waals surface area contributed by atoms with E-state index in [1.807, 2.05) is 0 Å². The van der Waals surface area contributed by atoms with Crippen molar-refractivity contribution in [3.05, 3.63) is 87.1 Å². The Kier molecular flexibility index (Phi) is 9.35. The van der Waals surface area contributed by atoms with Gasteiger partial charge in [-0.05, 0) is 68.1 Å². The standard InChI is InChI=1S/C30H34FNO7S/c1-7-40(36,37)18-19-8-11-22(29(35)21-9-12-25(31)26(15-21)38-6)23(14-19)24-17-32(5)27(33)16-20(24)10-13-28(34)39-30(2,3)4/h8-9,11-12,14-17H,7,10,13,18H2,1-6H3. The summed E-state index contributed by atoms with van der Waals surface area (Å²) in [6.45, 7) is 6.82. The number of carbonyl (C=O) groups is 2. The maximum atomic E-state index is 14.0. The molecule has 0 fully saturated rings. The number of benzene rings is 2. The summed E-state index contributed by atoms with van der Waals surface area (Å²) in [4.78, 5) is 38.8. The zero-order valence-corrected chi connectivity index (χ0v) is 24.4. The third-order valence-electron chi connectivity index (χ3n) is 6.19. The molecule has 0 aliphatic rings. The first kappa shape index (κ1) is 30.7. The van der Waals surface area contributed by atoms with E-state index >= 15 is 0 Å². The fraction of sp³-hybridized carbons (Fsp3) is 0.367. The number of aryl methyl sites for hydroxylation is 2. The van der Waals surface area contributed by atoms with Crippen LogP contribution in [0.15, 0.2) is 53.5 Å². The molecule has 8 nitrogen and oxygen atoms in total. The van der Waals surface area contributed by atoms with Crippen LogP contribution in [-0.4, -0.2) is 43.2 Å². The fourth-order valence-corrected chi connectivity index (χ4v) is 5.05. The monoisotopic (exact) mass is 571 g/mol. The van der Waals surface area contributed by atoms with E-state index in [-0.39, 0.29) is 46.8 Å². The predicted molar refractivity (Wildman–Crippen MR) is 151 cm³/mol. The van der Waals surface area contributed by atoms with Crippen LogP contribution in [0, 0.1) is 5.82 Å². The van der Waals surface area contributed by atoms with Crippen molar-refractivity contribution < 1.29 is 31.9 Å². The van der Waals surface area contributed by atoms with E-state index in [0.29, 0.717) is 22.3 Å². The van der Waals surface area contributed by atoms with Crippen molar-refractivity contribution in [3.63, 3.8) is 0 Å². The third kappa shape index (κ3) is 7.65. The molecule has 3 aromatic rings. The molecule has 0 N–H and O–H groups in total. The Balaban J connectivity index is 2.20. The van der Waals surface area contributed by atoms with E-state index in [1.165, 1.54) is 35.9 Å². The van der Waals surface area contributed by atoms with Crippen molar-refractivity contribution in [1.82, 2.24) is 4.57 Å². The van der Waals surface area contributed by atoms with Gasteiger partial charge in [-0.15, -0.1) is 0 Å². The molecule has 0 saturated carbocycles. The zero-order chi connectivity index (χ0) is 29.8. The lowest BCUT2D eigenvalue weighted by molar-refractivity contribution is -0.154. The average molecular weight is 572 g/mol. The van der Waals surface area contributed by atoms with Crippen LogP contribution in [0.2, 0.25) is 0 Å². The quantitative estimate of drug-likeness (QED) is 0.258. The number of halogens is 1. The Morgan fingerprint density at radius 2 is 1.73 bits per heavy atom. The lowest BCUT2D eigenvalue weighted by Gasteiger charge is -2.20. The first-order valence-electron chi connectivity index (χ1n) is 12.8. The minimum atomic E-state index is -3.39. The minimum Gasteiger partial charge on any atom is -0.494 e. The Morgan fingerprint density at radius 3 is 2.35 bits per heavy atom. The van der Waals surface area contributed by atoms with E-state index in [0.717, 1.165) is 6.07 Å². The molecule has 0 saturated heterocycles. The number of ketones is 1. The van der Waals surface area contributed by atoms with Gasteiger partial charge in [0.05, 0.1) is 12.9 Å². The molecule has 3 rings (SSSR count). The molecule has 0 amide bonds. The summed E-state index contributed by atoms with van der Waals surface area (Å²) in [5.74, 6) is -1.92. The smallest absolute Gasteiger partial charge is 0.306 e. The van der Waals surface area contributed by atoms with Crippen molar-refractivity contribution in [3.8, 4) is 16.9 Å².